The lowest BCUT2D eigenvalue weighted by atomic mass is 9.87. The van der Waals surface area contributed by atoms with Crippen molar-refractivity contribution in [2.75, 3.05) is 32.7 Å². The zero-order valence-electron chi connectivity index (χ0n) is 11.7. The van der Waals surface area contributed by atoms with Crippen molar-refractivity contribution < 1.29 is 8.42 Å². The van der Waals surface area contributed by atoms with Crippen molar-refractivity contribution in [3.8, 4) is 0 Å². The van der Waals surface area contributed by atoms with Crippen LogP contribution in [0.5, 0.6) is 0 Å². The lowest BCUT2D eigenvalue weighted by Crippen LogP contribution is -2.63. The van der Waals surface area contributed by atoms with Crippen LogP contribution in [-0.2, 0) is 10.0 Å². The molecule has 0 atom stereocenters. The number of sulfonamides is 1. The van der Waals surface area contributed by atoms with Gasteiger partial charge in [0.2, 0.25) is 10.0 Å². The molecule has 1 aromatic rings. The van der Waals surface area contributed by atoms with Crippen LogP contribution in [0.25, 0.3) is 0 Å². The Balaban J connectivity index is 1.80. The summed E-state index contributed by atoms with van der Waals surface area (Å²) >= 11 is 16.4. The van der Waals surface area contributed by atoms with Gasteiger partial charge in [-0.15, -0.1) is 11.3 Å². The minimum atomic E-state index is -3.63. The second-order valence-corrected chi connectivity index (χ2v) is 10.5. The Labute approximate surface area is 152 Å². The third-order valence-corrected chi connectivity index (χ3v) is 9.64. The fourth-order valence-electron chi connectivity index (χ4n) is 3.00. The van der Waals surface area contributed by atoms with Gasteiger partial charge in [-0.25, -0.2) is 8.42 Å². The molecular weight excluding hydrogens is 433 g/mol. The van der Waals surface area contributed by atoms with E-state index in [1.807, 2.05) is 0 Å². The molecule has 2 N–H and O–H groups in total. The predicted molar refractivity (Wildman–Crippen MR) is 93.6 cm³/mol. The quantitative estimate of drug-likeness (QED) is 0.729. The summed E-state index contributed by atoms with van der Waals surface area (Å²) in [5.74, 6) is 0. The van der Waals surface area contributed by atoms with Crippen molar-refractivity contribution in [2.24, 2.45) is 0 Å². The Bertz CT molecular complexity index is 664. The number of thiophene rings is 1. The van der Waals surface area contributed by atoms with Crippen LogP contribution < -0.4 is 10.6 Å². The zero-order chi connectivity index (χ0) is 16.0. The first-order valence-corrected chi connectivity index (χ1v) is 10.8. The Morgan fingerprint density at radius 2 is 1.86 bits per heavy atom. The minimum absolute atomic E-state index is 0.0115. The molecule has 124 valence electrons. The first-order chi connectivity index (χ1) is 10.4. The molecule has 2 aliphatic heterocycles. The van der Waals surface area contributed by atoms with Crippen LogP contribution in [0, 0.1) is 0 Å². The maximum absolute atomic E-state index is 12.8. The smallest absolute Gasteiger partial charge is 0.246 e. The van der Waals surface area contributed by atoms with Gasteiger partial charge in [-0.2, -0.15) is 4.31 Å². The molecule has 0 saturated carbocycles. The molecule has 0 unspecified atom stereocenters. The van der Waals surface area contributed by atoms with Gasteiger partial charge in [-0.3, -0.25) is 0 Å². The van der Waals surface area contributed by atoms with Gasteiger partial charge in [-0.1, -0.05) is 23.2 Å². The van der Waals surface area contributed by atoms with Crippen molar-refractivity contribution >= 4 is 60.5 Å². The molecule has 0 aliphatic carbocycles. The van der Waals surface area contributed by atoms with Crippen molar-refractivity contribution in [1.29, 1.82) is 0 Å². The molecule has 2 saturated heterocycles. The number of rotatable bonds is 2. The average Bonchev–Trinajstić information content (AvgIpc) is 2.74. The third kappa shape index (κ3) is 3.09. The largest absolute Gasteiger partial charge is 0.314 e. The Morgan fingerprint density at radius 1 is 1.18 bits per heavy atom. The highest BCUT2D eigenvalue weighted by Crippen LogP contribution is 2.44. The lowest BCUT2D eigenvalue weighted by Gasteiger charge is -2.44. The minimum Gasteiger partial charge on any atom is -0.314 e. The maximum atomic E-state index is 12.8. The van der Waals surface area contributed by atoms with Crippen molar-refractivity contribution in [3.63, 3.8) is 0 Å². The monoisotopic (exact) mass is 447 g/mol. The van der Waals surface area contributed by atoms with E-state index >= 15 is 0 Å². The first-order valence-electron chi connectivity index (χ1n) is 6.95. The second kappa shape index (κ2) is 6.48. The van der Waals surface area contributed by atoms with E-state index in [4.69, 9.17) is 23.2 Å². The van der Waals surface area contributed by atoms with Crippen LogP contribution in [0.1, 0.15) is 12.8 Å². The number of piperidine rings is 1. The Kier molecular flexibility index (Phi) is 5.13. The van der Waals surface area contributed by atoms with E-state index in [-0.39, 0.29) is 14.8 Å². The van der Waals surface area contributed by atoms with Crippen LogP contribution in [0.2, 0.25) is 8.67 Å². The molecule has 0 bridgehead atoms. The summed E-state index contributed by atoms with van der Waals surface area (Å²) in [6.45, 7) is 3.72. The molecule has 2 fully saturated rings. The number of nitrogens with zero attached hydrogens (tertiary/aromatic N) is 1. The highest BCUT2D eigenvalue weighted by molar-refractivity contribution is 9.10. The number of nitrogens with one attached hydrogen (secondary N) is 2. The molecule has 3 heterocycles. The molecule has 10 heteroatoms. The molecule has 2 aliphatic rings. The molecule has 5 nitrogen and oxygen atoms in total. The van der Waals surface area contributed by atoms with Gasteiger partial charge in [-0.05, 0) is 28.8 Å². The van der Waals surface area contributed by atoms with Gasteiger partial charge in [0.05, 0.1) is 4.47 Å². The van der Waals surface area contributed by atoms with E-state index in [1.54, 1.807) is 0 Å². The molecule has 1 spiro atoms. The van der Waals surface area contributed by atoms with E-state index in [1.165, 1.54) is 4.31 Å². The molecule has 0 aromatic carbocycles. The Hall–Kier alpha value is 0.590. The van der Waals surface area contributed by atoms with Crippen LogP contribution >= 0.6 is 50.5 Å². The van der Waals surface area contributed by atoms with Gasteiger partial charge in [0.1, 0.15) is 13.6 Å². The predicted octanol–water partition coefficient (Wildman–Crippen LogP) is 2.53. The van der Waals surface area contributed by atoms with E-state index in [2.05, 4.69) is 26.6 Å². The van der Waals surface area contributed by atoms with Crippen LogP contribution in [-0.4, -0.2) is 51.0 Å². The fourth-order valence-corrected chi connectivity index (χ4v) is 7.92. The van der Waals surface area contributed by atoms with Gasteiger partial charge in [0, 0.05) is 38.3 Å². The fraction of sp³-hybridized carbons (Fsp3) is 0.667. The van der Waals surface area contributed by atoms with E-state index < -0.39 is 10.0 Å². The number of hydrogen-bond acceptors (Lipinski definition) is 5. The maximum Gasteiger partial charge on any atom is 0.246 e. The first kappa shape index (κ1) is 17.4. The normalized spacial score (nSPS) is 23.0. The summed E-state index contributed by atoms with van der Waals surface area (Å²) in [5, 5.41) is 6.91. The topological polar surface area (TPSA) is 61.4 Å². The van der Waals surface area contributed by atoms with Gasteiger partial charge in [0.25, 0.3) is 0 Å². The molecule has 0 amide bonds. The molecular formula is C12H16BrCl2N3O2S2. The summed E-state index contributed by atoms with van der Waals surface area (Å²) in [5.41, 5.74) is 0.0115. The van der Waals surface area contributed by atoms with Crippen LogP contribution in [0.15, 0.2) is 9.37 Å². The van der Waals surface area contributed by atoms with E-state index in [9.17, 15) is 8.42 Å². The van der Waals surface area contributed by atoms with Crippen molar-refractivity contribution in [1.82, 2.24) is 14.9 Å². The lowest BCUT2D eigenvalue weighted by molar-refractivity contribution is 0.169. The van der Waals surface area contributed by atoms with E-state index in [0.717, 1.165) is 43.8 Å². The molecule has 1 aromatic heterocycles. The van der Waals surface area contributed by atoms with Gasteiger partial charge in [0.15, 0.2) is 0 Å². The molecule has 3 rings (SSSR count). The highest BCUT2D eigenvalue weighted by Gasteiger charge is 2.40. The summed E-state index contributed by atoms with van der Waals surface area (Å²) in [6.07, 6.45) is 1.57. The zero-order valence-corrected chi connectivity index (χ0v) is 16.4. The van der Waals surface area contributed by atoms with Crippen molar-refractivity contribution in [3.05, 3.63) is 13.1 Å². The average molecular weight is 449 g/mol. The van der Waals surface area contributed by atoms with Gasteiger partial charge >= 0.3 is 0 Å². The third-order valence-electron chi connectivity index (χ3n) is 4.27. The molecule has 0 radical (unpaired) electrons. The number of hydrogen-bond donors (Lipinski definition) is 2. The summed E-state index contributed by atoms with van der Waals surface area (Å²) in [6, 6.07) is 0. The highest BCUT2D eigenvalue weighted by atomic mass is 79.9. The molecule has 22 heavy (non-hydrogen) atoms. The van der Waals surface area contributed by atoms with Crippen LogP contribution in [0.4, 0.5) is 0 Å². The summed E-state index contributed by atoms with van der Waals surface area (Å²) in [7, 11) is -3.63. The SMILES string of the molecule is O=S(=O)(c1c(Cl)sc(Cl)c1Br)N1CCC2(CC1)CNCCN2. The standard InChI is InChI=1S/C12H16BrCl2N3O2S2/c13-8-9(11(15)21-10(8)14)22(19,20)18-5-1-12(2-6-18)7-16-3-4-17-12/h16-17H,1-7H2. The number of piperazine rings is 1. The summed E-state index contributed by atoms with van der Waals surface area (Å²) < 4.78 is 28.1. The number of halogens is 3. The van der Waals surface area contributed by atoms with Crippen molar-refractivity contribution in [2.45, 2.75) is 23.3 Å². The van der Waals surface area contributed by atoms with E-state index in [0.29, 0.717) is 21.9 Å². The summed E-state index contributed by atoms with van der Waals surface area (Å²) in [4.78, 5) is 0.0924. The van der Waals surface area contributed by atoms with Crippen LogP contribution in [0.3, 0.4) is 0 Å². The Morgan fingerprint density at radius 3 is 2.36 bits per heavy atom. The second-order valence-electron chi connectivity index (χ2n) is 5.58. The van der Waals surface area contributed by atoms with Gasteiger partial charge < -0.3 is 10.6 Å².